The van der Waals surface area contributed by atoms with Crippen molar-refractivity contribution in [3.05, 3.63) is 40.9 Å². The molecule has 0 unspecified atom stereocenters. The first-order chi connectivity index (χ1) is 7.29. The van der Waals surface area contributed by atoms with Crippen LogP contribution in [0.5, 0.6) is 0 Å². The molecule has 0 amide bonds. The minimum atomic E-state index is -0.363. The van der Waals surface area contributed by atoms with E-state index in [-0.39, 0.29) is 5.83 Å². The molecule has 0 aliphatic rings. The van der Waals surface area contributed by atoms with E-state index in [9.17, 15) is 4.39 Å². The Labute approximate surface area is 96.9 Å². The van der Waals surface area contributed by atoms with Crippen molar-refractivity contribution in [1.82, 2.24) is 4.72 Å². The van der Waals surface area contributed by atoms with Gasteiger partial charge in [-0.2, -0.15) is 0 Å². The lowest BCUT2D eigenvalue weighted by Gasteiger charge is -1.98. The van der Waals surface area contributed by atoms with Crippen LogP contribution in [0.3, 0.4) is 0 Å². The molecule has 0 aromatic carbocycles. The molecule has 15 heavy (non-hydrogen) atoms. The first-order valence-electron chi connectivity index (χ1n) is 4.21. The highest BCUT2D eigenvalue weighted by Gasteiger charge is 2.05. The predicted molar refractivity (Wildman–Crippen MR) is 67.7 cm³/mol. The quantitative estimate of drug-likeness (QED) is 0.486. The summed E-state index contributed by atoms with van der Waals surface area (Å²) in [4.78, 5) is 0.841. The zero-order valence-electron chi connectivity index (χ0n) is 8.24. The number of thiophene rings is 1. The topological polar surface area (TPSA) is 24.4 Å². The van der Waals surface area contributed by atoms with Gasteiger partial charge in [-0.15, -0.1) is 11.3 Å². The zero-order chi connectivity index (χ0) is 11.1. The lowest BCUT2D eigenvalue weighted by atomic mass is 10.2. The first-order valence-corrected chi connectivity index (χ1v) is 5.87. The van der Waals surface area contributed by atoms with Gasteiger partial charge in [-0.05, 0) is 24.6 Å². The third-order valence-corrected chi connectivity index (χ3v) is 2.85. The second kappa shape index (κ2) is 6.55. The van der Waals surface area contributed by atoms with Gasteiger partial charge >= 0.3 is 0 Å². The molecule has 5 heteroatoms. The fourth-order valence-electron chi connectivity index (χ4n) is 0.917. The molecule has 0 radical (unpaired) electrons. The summed E-state index contributed by atoms with van der Waals surface area (Å²) in [5.74, 6) is -0.363. The standard InChI is InChI=1S/C10H11FN2S2/c1-3-9(11)8(7-13-15-12-2)10-5-4-6-14-10/h3-7,12H,1H2,2H3/b9-8-,13-7?. The summed E-state index contributed by atoms with van der Waals surface area (Å²) < 4.78 is 20.2. The van der Waals surface area contributed by atoms with Crippen molar-refractivity contribution in [3.63, 3.8) is 0 Å². The average molecular weight is 242 g/mol. The highest BCUT2D eigenvalue weighted by Crippen LogP contribution is 2.23. The zero-order valence-corrected chi connectivity index (χ0v) is 9.87. The van der Waals surface area contributed by atoms with E-state index in [1.807, 2.05) is 17.5 Å². The molecule has 0 saturated carbocycles. The Morgan fingerprint density at radius 1 is 1.73 bits per heavy atom. The highest BCUT2D eigenvalue weighted by atomic mass is 32.2. The van der Waals surface area contributed by atoms with Crippen molar-refractivity contribution in [3.8, 4) is 0 Å². The van der Waals surface area contributed by atoms with E-state index in [4.69, 9.17) is 0 Å². The molecule has 0 atom stereocenters. The summed E-state index contributed by atoms with van der Waals surface area (Å²) in [7, 11) is 1.75. The molecule has 0 fully saturated rings. The van der Waals surface area contributed by atoms with Gasteiger partial charge in [0.05, 0.1) is 12.1 Å². The summed E-state index contributed by atoms with van der Waals surface area (Å²) in [6, 6.07) is 3.72. The van der Waals surface area contributed by atoms with Gasteiger partial charge in [-0.25, -0.2) is 13.5 Å². The Morgan fingerprint density at radius 3 is 3.07 bits per heavy atom. The SMILES string of the molecule is C=C/C(F)=C(\C=NSNC)c1cccs1. The Balaban J connectivity index is 2.95. The van der Waals surface area contributed by atoms with Crippen LogP contribution >= 0.6 is 23.5 Å². The largest absolute Gasteiger partial charge is 0.247 e. The van der Waals surface area contributed by atoms with E-state index < -0.39 is 0 Å². The van der Waals surface area contributed by atoms with Gasteiger partial charge in [0.1, 0.15) is 5.83 Å². The second-order valence-corrected chi connectivity index (χ2v) is 4.22. The molecule has 0 aliphatic heterocycles. The van der Waals surface area contributed by atoms with E-state index in [0.717, 1.165) is 17.0 Å². The van der Waals surface area contributed by atoms with Crippen LogP contribution in [0.2, 0.25) is 0 Å². The van der Waals surface area contributed by atoms with Crippen LogP contribution < -0.4 is 4.72 Å². The van der Waals surface area contributed by atoms with Gasteiger partial charge in [-0.3, -0.25) is 0 Å². The molecule has 0 bridgehead atoms. The van der Waals surface area contributed by atoms with Gasteiger partial charge < -0.3 is 0 Å². The number of hydrogen-bond donors (Lipinski definition) is 1. The summed E-state index contributed by atoms with van der Waals surface area (Å²) in [5, 5.41) is 1.89. The molecule has 80 valence electrons. The van der Waals surface area contributed by atoms with E-state index in [1.165, 1.54) is 23.6 Å². The fourth-order valence-corrected chi connectivity index (χ4v) is 1.92. The number of rotatable bonds is 5. The molecular weight excluding hydrogens is 231 g/mol. The van der Waals surface area contributed by atoms with Crippen molar-refractivity contribution in [1.29, 1.82) is 0 Å². The lowest BCUT2D eigenvalue weighted by molar-refractivity contribution is 0.673. The van der Waals surface area contributed by atoms with Crippen LogP contribution in [-0.2, 0) is 0 Å². The number of nitrogens with one attached hydrogen (secondary N) is 1. The minimum Gasteiger partial charge on any atom is -0.247 e. The van der Waals surface area contributed by atoms with Gasteiger partial charge in [0.15, 0.2) is 0 Å². The van der Waals surface area contributed by atoms with Crippen molar-refractivity contribution in [2.75, 3.05) is 7.05 Å². The second-order valence-electron chi connectivity index (χ2n) is 2.47. The third-order valence-electron chi connectivity index (χ3n) is 1.55. The molecule has 1 heterocycles. The predicted octanol–water partition coefficient (Wildman–Crippen LogP) is 3.47. The molecule has 0 aliphatic carbocycles. The molecule has 1 N–H and O–H groups in total. The molecule has 1 aromatic rings. The smallest absolute Gasteiger partial charge is 0.132 e. The number of allylic oxidation sites excluding steroid dienone is 3. The monoisotopic (exact) mass is 242 g/mol. The van der Waals surface area contributed by atoms with E-state index in [1.54, 1.807) is 7.05 Å². The molecule has 1 rings (SSSR count). The maximum Gasteiger partial charge on any atom is 0.132 e. The van der Waals surface area contributed by atoms with Crippen molar-refractivity contribution < 1.29 is 4.39 Å². The van der Waals surface area contributed by atoms with Gasteiger partial charge in [-0.1, -0.05) is 12.6 Å². The van der Waals surface area contributed by atoms with Gasteiger partial charge in [0.2, 0.25) is 0 Å². The highest BCUT2D eigenvalue weighted by molar-refractivity contribution is 7.96. The van der Waals surface area contributed by atoms with Gasteiger partial charge in [0.25, 0.3) is 0 Å². The molecule has 1 aromatic heterocycles. The first kappa shape index (κ1) is 12.2. The van der Waals surface area contributed by atoms with Crippen LogP contribution in [0.4, 0.5) is 4.39 Å². The van der Waals surface area contributed by atoms with Crippen LogP contribution in [0, 0.1) is 0 Å². The van der Waals surface area contributed by atoms with Crippen molar-refractivity contribution in [2.24, 2.45) is 4.40 Å². The summed E-state index contributed by atoms with van der Waals surface area (Å²) in [6.07, 6.45) is 2.68. The fraction of sp³-hybridized carbons (Fsp3) is 0.100. The Morgan fingerprint density at radius 2 is 2.53 bits per heavy atom. The summed E-state index contributed by atoms with van der Waals surface area (Å²) in [6.45, 7) is 3.41. The van der Waals surface area contributed by atoms with Crippen LogP contribution in [0.25, 0.3) is 5.57 Å². The summed E-state index contributed by atoms with van der Waals surface area (Å²) >= 11 is 2.62. The van der Waals surface area contributed by atoms with Crippen LogP contribution in [-0.4, -0.2) is 13.3 Å². The summed E-state index contributed by atoms with van der Waals surface area (Å²) in [5.41, 5.74) is 0.461. The number of nitrogens with zero attached hydrogens (tertiary/aromatic N) is 1. The molecule has 0 saturated heterocycles. The maximum atomic E-state index is 13.4. The van der Waals surface area contributed by atoms with E-state index in [2.05, 4.69) is 15.7 Å². The van der Waals surface area contributed by atoms with E-state index in [0.29, 0.717) is 5.57 Å². The molecular formula is C10H11FN2S2. The Hall–Kier alpha value is -0.910. The molecule has 2 nitrogen and oxygen atoms in total. The Kier molecular flexibility index (Phi) is 5.31. The van der Waals surface area contributed by atoms with Crippen molar-refractivity contribution >= 4 is 35.3 Å². The normalized spacial score (nSPS) is 12.9. The van der Waals surface area contributed by atoms with Crippen LogP contribution in [0.15, 0.2) is 40.4 Å². The van der Waals surface area contributed by atoms with Crippen molar-refractivity contribution in [2.45, 2.75) is 0 Å². The third kappa shape index (κ3) is 3.62. The lowest BCUT2D eigenvalue weighted by Crippen LogP contribution is -1.89. The van der Waals surface area contributed by atoms with E-state index >= 15 is 0 Å². The number of hydrogen-bond acceptors (Lipinski definition) is 4. The average Bonchev–Trinajstić information content (AvgIpc) is 2.77. The molecule has 0 spiro atoms. The maximum absolute atomic E-state index is 13.4. The number of halogens is 1. The minimum absolute atomic E-state index is 0.363. The Bertz CT molecular complexity index is 369. The van der Waals surface area contributed by atoms with Crippen LogP contribution in [0.1, 0.15) is 4.88 Å². The van der Waals surface area contributed by atoms with Gasteiger partial charge in [0, 0.05) is 16.7 Å².